The van der Waals surface area contributed by atoms with E-state index in [1.807, 2.05) is 25.1 Å². The van der Waals surface area contributed by atoms with Crippen LogP contribution in [0.2, 0.25) is 0 Å². The number of phenols is 1. The highest BCUT2D eigenvalue weighted by molar-refractivity contribution is 5.94. The Balaban J connectivity index is 1.48. The van der Waals surface area contributed by atoms with Gasteiger partial charge in [0, 0.05) is 19.5 Å². The first-order valence-electron chi connectivity index (χ1n) is 10.4. The van der Waals surface area contributed by atoms with Crippen LogP contribution < -0.4 is 0 Å². The van der Waals surface area contributed by atoms with Crippen LogP contribution in [0, 0.1) is 5.82 Å². The van der Waals surface area contributed by atoms with Crippen LogP contribution in [0.1, 0.15) is 23.9 Å². The fraction of sp³-hybridized carbons (Fsp3) is 0.261. The highest BCUT2D eigenvalue weighted by Gasteiger charge is 2.28. The number of nitrogens with one attached hydrogen (secondary N) is 2. The minimum Gasteiger partial charge on any atom is -0.505 e. The van der Waals surface area contributed by atoms with Gasteiger partial charge in [-0.3, -0.25) is 5.10 Å². The second-order valence-corrected chi connectivity index (χ2v) is 8.19. The van der Waals surface area contributed by atoms with Crippen LogP contribution in [0.5, 0.6) is 5.75 Å². The molecule has 164 valence electrons. The number of hydrogen-bond donors (Lipinski definition) is 3. The van der Waals surface area contributed by atoms with Gasteiger partial charge >= 0.3 is 6.03 Å². The largest absolute Gasteiger partial charge is 0.505 e. The van der Waals surface area contributed by atoms with Crippen molar-refractivity contribution in [1.82, 2.24) is 30.0 Å². The molecule has 0 atom stereocenters. The molecule has 0 radical (unpaired) electrons. The van der Waals surface area contributed by atoms with E-state index in [4.69, 9.17) is 0 Å². The van der Waals surface area contributed by atoms with E-state index in [1.165, 1.54) is 12.1 Å². The number of phenolic OH excluding ortho intramolecular Hbond substituents is 1. The summed E-state index contributed by atoms with van der Waals surface area (Å²) in [5, 5.41) is 18.1. The molecule has 9 heteroatoms. The Bertz CT molecular complexity index is 1330. The number of aromatic hydroxyl groups is 1. The Labute approximate surface area is 183 Å². The third-order valence-electron chi connectivity index (χ3n) is 5.86. The first-order chi connectivity index (χ1) is 15.4. The molecule has 1 aliphatic rings. The number of urea groups is 1. The van der Waals surface area contributed by atoms with Crippen LogP contribution >= 0.6 is 0 Å². The molecule has 0 unspecified atom stereocenters. The van der Waals surface area contributed by atoms with Crippen LogP contribution in [-0.2, 0) is 19.5 Å². The summed E-state index contributed by atoms with van der Waals surface area (Å²) in [7, 11) is 3.46. The standard InChI is InChI=1S/C23H23FN6O2/c1-4-12-8-20(31)16(24)9-15(12)13-5-6-14-17(7-13)27-28-21(14)22-25-18-10-30(11-19(18)26-22)23(32)29(2)3/h5-9,31H,4,10-11H2,1-3H3,(H,25,26)(H,27,28). The molecule has 0 saturated heterocycles. The monoisotopic (exact) mass is 434 g/mol. The second-order valence-electron chi connectivity index (χ2n) is 8.19. The van der Waals surface area contributed by atoms with E-state index < -0.39 is 5.82 Å². The normalized spacial score (nSPS) is 13.1. The molecular weight excluding hydrogens is 411 g/mol. The Morgan fingerprint density at radius 1 is 1.25 bits per heavy atom. The van der Waals surface area contributed by atoms with Gasteiger partial charge in [0.25, 0.3) is 0 Å². The number of halogens is 1. The highest BCUT2D eigenvalue weighted by Crippen LogP contribution is 2.34. The van der Waals surface area contributed by atoms with E-state index in [2.05, 4.69) is 20.2 Å². The number of benzene rings is 2. The molecule has 4 aromatic rings. The molecule has 1 aliphatic heterocycles. The minimum atomic E-state index is -0.644. The van der Waals surface area contributed by atoms with E-state index >= 15 is 0 Å². The fourth-order valence-electron chi connectivity index (χ4n) is 4.20. The maximum Gasteiger partial charge on any atom is 0.320 e. The molecule has 5 rings (SSSR count). The summed E-state index contributed by atoms with van der Waals surface area (Å²) in [6.45, 7) is 2.91. The van der Waals surface area contributed by atoms with Crippen molar-refractivity contribution in [3.8, 4) is 28.4 Å². The van der Waals surface area contributed by atoms with E-state index in [0.29, 0.717) is 31.0 Å². The maximum atomic E-state index is 14.0. The number of aromatic nitrogens is 4. The molecule has 8 nitrogen and oxygen atoms in total. The minimum absolute atomic E-state index is 0.0483. The quantitative estimate of drug-likeness (QED) is 0.453. The zero-order valence-corrected chi connectivity index (χ0v) is 18.0. The number of rotatable bonds is 3. The number of fused-ring (bicyclic) bond motifs is 2. The molecule has 2 amide bonds. The summed E-state index contributed by atoms with van der Waals surface area (Å²) in [5.41, 5.74) is 5.69. The number of aryl methyl sites for hydroxylation is 1. The highest BCUT2D eigenvalue weighted by atomic mass is 19.1. The Morgan fingerprint density at radius 3 is 2.78 bits per heavy atom. The molecular formula is C23H23FN6O2. The molecule has 3 N–H and O–H groups in total. The first kappa shape index (κ1) is 20.0. The van der Waals surface area contributed by atoms with Gasteiger partial charge in [-0.15, -0.1) is 0 Å². The molecule has 0 bridgehead atoms. The Hall–Kier alpha value is -3.88. The molecule has 0 spiro atoms. The van der Waals surface area contributed by atoms with Crippen molar-refractivity contribution in [1.29, 1.82) is 0 Å². The van der Waals surface area contributed by atoms with Gasteiger partial charge in [0.05, 0.1) is 30.0 Å². The van der Waals surface area contributed by atoms with Gasteiger partial charge in [-0.25, -0.2) is 14.2 Å². The van der Waals surface area contributed by atoms with Crippen LogP contribution in [0.25, 0.3) is 33.5 Å². The zero-order chi connectivity index (χ0) is 22.6. The number of H-pyrrole nitrogens is 2. The number of carbonyl (C=O) groups is 1. The number of nitrogens with zero attached hydrogens (tertiary/aromatic N) is 4. The van der Waals surface area contributed by atoms with Crippen molar-refractivity contribution >= 4 is 16.9 Å². The predicted molar refractivity (Wildman–Crippen MR) is 118 cm³/mol. The fourth-order valence-corrected chi connectivity index (χ4v) is 4.20. The summed E-state index contributed by atoms with van der Waals surface area (Å²) >= 11 is 0. The third-order valence-corrected chi connectivity index (χ3v) is 5.86. The first-order valence-corrected chi connectivity index (χ1v) is 10.4. The third kappa shape index (κ3) is 3.17. The summed E-state index contributed by atoms with van der Waals surface area (Å²) in [4.78, 5) is 23.5. The Morgan fingerprint density at radius 2 is 2.06 bits per heavy atom. The van der Waals surface area contributed by atoms with E-state index in [-0.39, 0.29) is 11.8 Å². The van der Waals surface area contributed by atoms with Gasteiger partial charge in [0.1, 0.15) is 5.69 Å². The zero-order valence-electron chi connectivity index (χ0n) is 18.0. The molecule has 0 aliphatic carbocycles. The molecule has 0 saturated carbocycles. The number of amides is 2. The van der Waals surface area contributed by atoms with E-state index in [0.717, 1.165) is 39.0 Å². The van der Waals surface area contributed by atoms with Gasteiger partial charge in [-0.05, 0) is 47.4 Å². The van der Waals surface area contributed by atoms with Gasteiger partial charge in [-0.1, -0.05) is 13.0 Å². The number of hydrogen-bond acceptors (Lipinski definition) is 4. The maximum absolute atomic E-state index is 14.0. The molecule has 32 heavy (non-hydrogen) atoms. The SMILES string of the molecule is CCc1cc(O)c(F)cc1-c1ccc2c(-c3nc4c([nH]3)CN(C(=O)N(C)C)C4)n[nH]c2c1. The average Bonchev–Trinajstić information content (AvgIpc) is 3.46. The summed E-state index contributed by atoms with van der Waals surface area (Å²) < 4.78 is 14.0. The predicted octanol–water partition coefficient (Wildman–Crippen LogP) is 4.02. The lowest BCUT2D eigenvalue weighted by atomic mass is 9.96. The van der Waals surface area contributed by atoms with Crippen LogP contribution in [0.3, 0.4) is 0 Å². The lowest BCUT2D eigenvalue weighted by Crippen LogP contribution is -2.35. The number of aromatic amines is 2. The average molecular weight is 434 g/mol. The van der Waals surface area contributed by atoms with Gasteiger partial charge in [0.2, 0.25) is 0 Å². The molecule has 2 aromatic heterocycles. The summed E-state index contributed by atoms with van der Waals surface area (Å²) in [6.07, 6.45) is 0.667. The van der Waals surface area contributed by atoms with Gasteiger partial charge in [-0.2, -0.15) is 5.10 Å². The van der Waals surface area contributed by atoms with Crippen molar-refractivity contribution in [2.75, 3.05) is 14.1 Å². The smallest absolute Gasteiger partial charge is 0.320 e. The van der Waals surface area contributed by atoms with Crippen LogP contribution in [-0.4, -0.2) is 55.2 Å². The van der Waals surface area contributed by atoms with E-state index in [9.17, 15) is 14.3 Å². The molecule has 3 heterocycles. The summed E-state index contributed by atoms with van der Waals surface area (Å²) in [5.74, 6) is -0.336. The van der Waals surface area contributed by atoms with Crippen molar-refractivity contribution in [2.45, 2.75) is 26.4 Å². The topological polar surface area (TPSA) is 101 Å². The van der Waals surface area contributed by atoms with Crippen molar-refractivity contribution in [2.24, 2.45) is 0 Å². The summed E-state index contributed by atoms with van der Waals surface area (Å²) in [6, 6.07) is 8.56. The van der Waals surface area contributed by atoms with Crippen molar-refractivity contribution in [3.63, 3.8) is 0 Å². The van der Waals surface area contributed by atoms with Gasteiger partial charge in [0.15, 0.2) is 17.4 Å². The van der Waals surface area contributed by atoms with Crippen molar-refractivity contribution < 1.29 is 14.3 Å². The molecule has 0 fully saturated rings. The van der Waals surface area contributed by atoms with Crippen LogP contribution in [0.4, 0.5) is 9.18 Å². The number of carbonyl (C=O) groups excluding carboxylic acids is 1. The second kappa shape index (κ2) is 7.37. The lowest BCUT2D eigenvalue weighted by molar-refractivity contribution is 0.170. The number of imidazole rings is 1. The van der Waals surface area contributed by atoms with Crippen molar-refractivity contribution in [3.05, 3.63) is 53.1 Å². The molecule has 2 aromatic carbocycles. The lowest BCUT2D eigenvalue weighted by Gasteiger charge is -2.20. The van der Waals surface area contributed by atoms with Gasteiger partial charge < -0.3 is 19.9 Å². The van der Waals surface area contributed by atoms with Crippen LogP contribution in [0.15, 0.2) is 30.3 Å². The van der Waals surface area contributed by atoms with E-state index in [1.54, 1.807) is 23.9 Å². The Kier molecular flexibility index (Phi) is 4.61.